The molecule has 0 amide bonds. The first-order valence-electron chi connectivity index (χ1n) is 5.42. The molecule has 0 unspecified atom stereocenters. The van der Waals surface area contributed by atoms with Crippen LogP contribution in [-0.2, 0) is 19.1 Å². The molecule has 0 saturated carbocycles. The van der Waals surface area contributed by atoms with Crippen molar-refractivity contribution >= 4 is 11.9 Å². The Morgan fingerprint density at radius 3 is 2.88 bits per heavy atom. The number of hydrogen-bond donors (Lipinski definition) is 0. The van der Waals surface area contributed by atoms with E-state index in [0.717, 1.165) is 0 Å². The van der Waals surface area contributed by atoms with Crippen LogP contribution in [-0.4, -0.2) is 24.6 Å². The SMILES string of the molecule is CC(=O)O[C@@H]1CC=C[C@]2(C)C(=O)OC[C@]12C. The van der Waals surface area contributed by atoms with Gasteiger partial charge in [0.05, 0.1) is 10.8 Å². The number of esters is 2. The number of hydrogen-bond acceptors (Lipinski definition) is 4. The van der Waals surface area contributed by atoms with Gasteiger partial charge in [-0.15, -0.1) is 0 Å². The van der Waals surface area contributed by atoms with E-state index in [1.165, 1.54) is 6.92 Å². The molecule has 16 heavy (non-hydrogen) atoms. The zero-order chi connectivity index (χ0) is 12.0. The summed E-state index contributed by atoms with van der Waals surface area (Å²) in [4.78, 5) is 22.8. The van der Waals surface area contributed by atoms with E-state index in [1.807, 2.05) is 26.0 Å². The van der Waals surface area contributed by atoms with Gasteiger partial charge in [-0.05, 0) is 6.92 Å². The zero-order valence-electron chi connectivity index (χ0n) is 9.78. The number of fused-ring (bicyclic) bond motifs is 1. The predicted molar refractivity (Wildman–Crippen MR) is 56.5 cm³/mol. The van der Waals surface area contributed by atoms with Gasteiger partial charge in [-0.1, -0.05) is 19.1 Å². The Labute approximate surface area is 94.6 Å². The summed E-state index contributed by atoms with van der Waals surface area (Å²) in [7, 11) is 0. The number of rotatable bonds is 1. The van der Waals surface area contributed by atoms with Crippen molar-refractivity contribution in [3.63, 3.8) is 0 Å². The Morgan fingerprint density at radius 2 is 2.25 bits per heavy atom. The van der Waals surface area contributed by atoms with Gasteiger partial charge in [-0.25, -0.2) is 0 Å². The second-order valence-corrected chi connectivity index (χ2v) is 4.93. The van der Waals surface area contributed by atoms with E-state index in [4.69, 9.17) is 9.47 Å². The molecule has 0 aromatic heterocycles. The molecule has 0 spiro atoms. The Morgan fingerprint density at radius 1 is 1.56 bits per heavy atom. The third kappa shape index (κ3) is 1.29. The summed E-state index contributed by atoms with van der Waals surface area (Å²) in [6, 6.07) is 0. The highest BCUT2D eigenvalue weighted by Gasteiger charge is 2.61. The summed E-state index contributed by atoms with van der Waals surface area (Å²) < 4.78 is 10.4. The first-order chi connectivity index (χ1) is 7.40. The van der Waals surface area contributed by atoms with Crippen LogP contribution in [0.2, 0.25) is 0 Å². The minimum atomic E-state index is -0.675. The second-order valence-electron chi connectivity index (χ2n) is 4.93. The highest BCUT2D eigenvalue weighted by atomic mass is 16.6. The predicted octanol–water partition coefficient (Wildman–Crippen LogP) is 1.45. The molecule has 4 nitrogen and oxygen atoms in total. The van der Waals surface area contributed by atoms with Gasteiger partial charge in [-0.2, -0.15) is 0 Å². The quantitative estimate of drug-likeness (QED) is 0.499. The summed E-state index contributed by atoms with van der Waals surface area (Å²) in [6.45, 7) is 5.48. The van der Waals surface area contributed by atoms with E-state index in [1.54, 1.807) is 0 Å². The third-order valence-electron chi connectivity index (χ3n) is 3.93. The third-order valence-corrected chi connectivity index (χ3v) is 3.93. The highest BCUT2D eigenvalue weighted by molar-refractivity contribution is 5.82. The highest BCUT2D eigenvalue weighted by Crippen LogP contribution is 2.53. The van der Waals surface area contributed by atoms with Crippen LogP contribution in [0.25, 0.3) is 0 Å². The summed E-state index contributed by atoms with van der Waals surface area (Å²) in [5.74, 6) is -0.550. The van der Waals surface area contributed by atoms with E-state index < -0.39 is 10.8 Å². The van der Waals surface area contributed by atoms with Gasteiger partial charge in [0.1, 0.15) is 12.7 Å². The maximum Gasteiger partial charge on any atom is 0.316 e. The molecule has 0 radical (unpaired) electrons. The first kappa shape index (κ1) is 11.2. The van der Waals surface area contributed by atoms with Crippen molar-refractivity contribution in [2.75, 3.05) is 6.61 Å². The molecule has 1 heterocycles. The van der Waals surface area contributed by atoms with Gasteiger partial charge in [0, 0.05) is 13.3 Å². The lowest BCUT2D eigenvalue weighted by molar-refractivity contribution is -0.158. The fourth-order valence-electron chi connectivity index (χ4n) is 2.50. The molecule has 0 aromatic rings. The van der Waals surface area contributed by atoms with Crippen LogP contribution in [0.3, 0.4) is 0 Å². The van der Waals surface area contributed by atoms with Gasteiger partial charge in [0.15, 0.2) is 0 Å². The lowest BCUT2D eigenvalue weighted by atomic mass is 9.61. The average Bonchev–Trinajstić information content (AvgIpc) is 2.43. The molecular formula is C12H16O4. The Hall–Kier alpha value is -1.32. The van der Waals surface area contributed by atoms with Crippen molar-refractivity contribution in [2.24, 2.45) is 10.8 Å². The fourth-order valence-corrected chi connectivity index (χ4v) is 2.50. The van der Waals surface area contributed by atoms with E-state index in [-0.39, 0.29) is 18.0 Å². The van der Waals surface area contributed by atoms with Crippen LogP contribution in [0, 0.1) is 10.8 Å². The molecule has 1 saturated heterocycles. The van der Waals surface area contributed by atoms with Gasteiger partial charge in [0.2, 0.25) is 0 Å². The molecule has 88 valence electrons. The van der Waals surface area contributed by atoms with E-state index >= 15 is 0 Å². The van der Waals surface area contributed by atoms with E-state index in [0.29, 0.717) is 13.0 Å². The molecular weight excluding hydrogens is 208 g/mol. The first-order valence-corrected chi connectivity index (χ1v) is 5.42. The molecule has 0 N–H and O–H groups in total. The molecule has 4 heteroatoms. The van der Waals surface area contributed by atoms with Gasteiger partial charge >= 0.3 is 11.9 Å². The topological polar surface area (TPSA) is 52.6 Å². The summed E-state index contributed by atoms with van der Waals surface area (Å²) >= 11 is 0. The van der Waals surface area contributed by atoms with Crippen molar-refractivity contribution in [3.05, 3.63) is 12.2 Å². The van der Waals surface area contributed by atoms with Crippen LogP contribution >= 0.6 is 0 Å². The fraction of sp³-hybridized carbons (Fsp3) is 0.667. The van der Waals surface area contributed by atoms with Crippen molar-refractivity contribution in [3.8, 4) is 0 Å². The monoisotopic (exact) mass is 224 g/mol. The summed E-state index contributed by atoms with van der Waals surface area (Å²) in [5, 5.41) is 0. The second kappa shape index (κ2) is 3.34. The largest absolute Gasteiger partial charge is 0.464 e. The molecule has 2 aliphatic rings. The van der Waals surface area contributed by atoms with Crippen molar-refractivity contribution in [2.45, 2.75) is 33.3 Å². The Bertz CT molecular complexity index is 373. The maximum atomic E-state index is 11.8. The number of ether oxygens (including phenoxy) is 2. The molecule has 0 bridgehead atoms. The molecule has 0 aromatic carbocycles. The minimum Gasteiger partial charge on any atom is -0.464 e. The number of carbonyl (C=O) groups excluding carboxylic acids is 2. The molecule has 3 atom stereocenters. The molecule has 1 fully saturated rings. The van der Waals surface area contributed by atoms with Crippen LogP contribution in [0.15, 0.2) is 12.2 Å². The van der Waals surface area contributed by atoms with Crippen LogP contribution in [0.5, 0.6) is 0 Å². The van der Waals surface area contributed by atoms with Gasteiger partial charge in [-0.3, -0.25) is 9.59 Å². The van der Waals surface area contributed by atoms with Crippen LogP contribution < -0.4 is 0 Å². The van der Waals surface area contributed by atoms with Gasteiger partial charge < -0.3 is 9.47 Å². The number of carbonyl (C=O) groups is 2. The summed E-state index contributed by atoms with van der Waals surface area (Å²) in [6.07, 6.45) is 4.12. The molecule has 2 rings (SSSR count). The Balaban J connectivity index is 2.37. The normalized spacial score (nSPS) is 41.4. The smallest absolute Gasteiger partial charge is 0.316 e. The molecule has 1 aliphatic carbocycles. The lowest BCUT2D eigenvalue weighted by Gasteiger charge is -2.42. The van der Waals surface area contributed by atoms with Crippen LogP contribution in [0.4, 0.5) is 0 Å². The average molecular weight is 224 g/mol. The van der Waals surface area contributed by atoms with Crippen LogP contribution in [0.1, 0.15) is 27.2 Å². The van der Waals surface area contributed by atoms with E-state index in [9.17, 15) is 9.59 Å². The molecule has 1 aliphatic heterocycles. The standard InChI is InChI=1S/C12H16O4/c1-8(13)16-9-5-4-6-11(2)10(14)15-7-12(9,11)3/h4,6,9H,5,7H2,1-3H3/t9-,11-,12-/m1/s1. The Kier molecular flexibility index (Phi) is 2.33. The zero-order valence-corrected chi connectivity index (χ0v) is 9.78. The van der Waals surface area contributed by atoms with Crippen molar-refractivity contribution < 1.29 is 19.1 Å². The maximum absolute atomic E-state index is 11.8. The van der Waals surface area contributed by atoms with Crippen molar-refractivity contribution in [1.29, 1.82) is 0 Å². The van der Waals surface area contributed by atoms with Gasteiger partial charge in [0.25, 0.3) is 0 Å². The minimum absolute atomic E-state index is 0.233. The van der Waals surface area contributed by atoms with E-state index in [2.05, 4.69) is 0 Å². The number of cyclic esters (lactones) is 1. The summed E-state index contributed by atoms with van der Waals surface area (Å²) in [5.41, 5.74) is -1.13. The van der Waals surface area contributed by atoms with Crippen molar-refractivity contribution in [1.82, 2.24) is 0 Å². The lowest BCUT2D eigenvalue weighted by Crippen LogP contribution is -2.49.